The molecule has 0 N–H and O–H groups in total. The van der Waals surface area contributed by atoms with Gasteiger partial charge >= 0.3 is 0 Å². The van der Waals surface area contributed by atoms with Crippen LogP contribution in [0.1, 0.15) is 47.5 Å². The van der Waals surface area contributed by atoms with E-state index in [1.165, 1.54) is 47.9 Å². The summed E-state index contributed by atoms with van der Waals surface area (Å²) < 4.78 is 1.30. The molecular formula is C17H23IN2O. The number of halogens is 1. The second-order valence-electron chi connectivity index (χ2n) is 6.29. The molecule has 1 heterocycles. The van der Waals surface area contributed by atoms with Crippen molar-refractivity contribution in [1.82, 2.24) is 9.80 Å². The van der Waals surface area contributed by atoms with Gasteiger partial charge in [0, 0.05) is 29.3 Å². The van der Waals surface area contributed by atoms with Crippen molar-refractivity contribution in [3.8, 4) is 0 Å². The third-order valence-corrected chi connectivity index (χ3v) is 5.54. The zero-order valence-electron chi connectivity index (χ0n) is 12.6. The highest BCUT2D eigenvalue weighted by Gasteiger charge is 2.26. The van der Waals surface area contributed by atoms with Gasteiger partial charge in [-0.05, 0) is 91.0 Å². The van der Waals surface area contributed by atoms with Gasteiger partial charge < -0.3 is 9.80 Å². The first-order valence-electron chi connectivity index (χ1n) is 7.92. The standard InChI is InChI=1S/C17H23IN2O/c1-19(10-11-20-8-2-3-9-20)17(21)14-6-7-16(18)15(12-14)13-4-5-13/h6-7,12-13H,2-5,8-11H2,1H3. The smallest absolute Gasteiger partial charge is 0.253 e. The van der Waals surface area contributed by atoms with Crippen LogP contribution in [-0.4, -0.2) is 48.9 Å². The number of rotatable bonds is 5. The summed E-state index contributed by atoms with van der Waals surface area (Å²) in [4.78, 5) is 16.9. The summed E-state index contributed by atoms with van der Waals surface area (Å²) in [7, 11) is 1.92. The van der Waals surface area contributed by atoms with Crippen molar-refractivity contribution in [3.63, 3.8) is 0 Å². The van der Waals surface area contributed by atoms with Gasteiger partial charge in [0.15, 0.2) is 0 Å². The van der Waals surface area contributed by atoms with E-state index < -0.39 is 0 Å². The van der Waals surface area contributed by atoms with Gasteiger partial charge in [-0.25, -0.2) is 0 Å². The molecule has 21 heavy (non-hydrogen) atoms. The van der Waals surface area contributed by atoms with Crippen molar-refractivity contribution in [2.45, 2.75) is 31.6 Å². The van der Waals surface area contributed by atoms with E-state index in [1.54, 1.807) is 0 Å². The van der Waals surface area contributed by atoms with Crippen LogP contribution in [0.5, 0.6) is 0 Å². The van der Waals surface area contributed by atoms with Gasteiger partial charge in [0.05, 0.1) is 0 Å². The lowest BCUT2D eigenvalue weighted by Gasteiger charge is -2.22. The van der Waals surface area contributed by atoms with Gasteiger partial charge in [-0.15, -0.1) is 0 Å². The monoisotopic (exact) mass is 398 g/mol. The van der Waals surface area contributed by atoms with Crippen LogP contribution in [0.3, 0.4) is 0 Å². The van der Waals surface area contributed by atoms with E-state index in [9.17, 15) is 4.79 Å². The molecule has 4 heteroatoms. The third-order valence-electron chi connectivity index (χ3n) is 4.56. The van der Waals surface area contributed by atoms with Gasteiger partial charge in [0.1, 0.15) is 0 Å². The maximum atomic E-state index is 12.6. The van der Waals surface area contributed by atoms with E-state index in [0.29, 0.717) is 5.92 Å². The van der Waals surface area contributed by atoms with Gasteiger partial charge in [0.25, 0.3) is 5.91 Å². The molecule has 1 aliphatic heterocycles. The molecule has 1 aromatic rings. The number of benzene rings is 1. The molecule has 114 valence electrons. The molecule has 2 fully saturated rings. The highest BCUT2D eigenvalue weighted by atomic mass is 127. The summed E-state index contributed by atoms with van der Waals surface area (Å²) >= 11 is 2.38. The number of hydrogen-bond acceptors (Lipinski definition) is 2. The molecule has 0 spiro atoms. The fraction of sp³-hybridized carbons (Fsp3) is 0.588. The average Bonchev–Trinajstić information content (AvgIpc) is 3.20. The summed E-state index contributed by atoms with van der Waals surface area (Å²) in [5.41, 5.74) is 2.22. The molecule has 1 aliphatic carbocycles. The van der Waals surface area contributed by atoms with Gasteiger partial charge in [-0.1, -0.05) is 0 Å². The second-order valence-corrected chi connectivity index (χ2v) is 7.45. The van der Waals surface area contributed by atoms with E-state index in [4.69, 9.17) is 0 Å². The first-order chi connectivity index (χ1) is 10.1. The third kappa shape index (κ3) is 3.77. The Morgan fingerprint density at radius 3 is 2.71 bits per heavy atom. The Hall–Kier alpha value is -0.620. The lowest BCUT2D eigenvalue weighted by molar-refractivity contribution is 0.0782. The lowest BCUT2D eigenvalue weighted by atomic mass is 10.1. The SMILES string of the molecule is CN(CCN1CCCC1)C(=O)c1ccc(I)c(C2CC2)c1. The highest BCUT2D eigenvalue weighted by molar-refractivity contribution is 14.1. The molecule has 1 saturated carbocycles. The van der Waals surface area contributed by atoms with Crippen LogP contribution in [-0.2, 0) is 0 Å². The first-order valence-corrected chi connectivity index (χ1v) is 9.00. The minimum absolute atomic E-state index is 0.160. The molecule has 0 unspecified atom stereocenters. The van der Waals surface area contributed by atoms with Crippen molar-refractivity contribution in [3.05, 3.63) is 32.9 Å². The molecule has 1 amide bonds. The molecular weight excluding hydrogens is 375 g/mol. The van der Waals surface area contributed by atoms with Crippen LogP contribution in [0.4, 0.5) is 0 Å². The predicted molar refractivity (Wildman–Crippen MR) is 93.8 cm³/mol. The van der Waals surface area contributed by atoms with Crippen LogP contribution in [0.2, 0.25) is 0 Å². The number of amides is 1. The Morgan fingerprint density at radius 1 is 1.33 bits per heavy atom. The van der Waals surface area contributed by atoms with Crippen molar-refractivity contribution in [2.24, 2.45) is 0 Å². The highest BCUT2D eigenvalue weighted by Crippen LogP contribution is 2.42. The fourth-order valence-electron chi connectivity index (χ4n) is 3.00. The quantitative estimate of drug-likeness (QED) is 0.711. The minimum atomic E-state index is 0.160. The Labute approximate surface area is 140 Å². The van der Waals surface area contributed by atoms with Gasteiger partial charge in [-0.3, -0.25) is 4.79 Å². The molecule has 0 radical (unpaired) electrons. The maximum Gasteiger partial charge on any atom is 0.253 e. The molecule has 3 nitrogen and oxygen atoms in total. The van der Waals surface area contributed by atoms with Crippen LogP contribution in [0.25, 0.3) is 0 Å². The number of likely N-dealkylation sites (N-methyl/N-ethyl adjacent to an activating group) is 1. The average molecular weight is 398 g/mol. The minimum Gasteiger partial charge on any atom is -0.340 e. The topological polar surface area (TPSA) is 23.6 Å². The molecule has 1 aromatic carbocycles. The number of likely N-dealkylation sites (tertiary alicyclic amines) is 1. The van der Waals surface area contributed by atoms with E-state index in [1.807, 2.05) is 18.0 Å². The predicted octanol–water partition coefficient (Wildman–Crippen LogP) is 3.34. The Kier molecular flexibility index (Phi) is 4.84. The normalized spacial score (nSPS) is 19.0. The Bertz CT molecular complexity index is 522. The van der Waals surface area contributed by atoms with E-state index in [2.05, 4.69) is 39.6 Å². The van der Waals surface area contributed by atoms with E-state index >= 15 is 0 Å². The summed E-state index contributed by atoms with van der Waals surface area (Å²) in [5, 5.41) is 0. The van der Waals surface area contributed by atoms with Crippen LogP contribution in [0.15, 0.2) is 18.2 Å². The zero-order valence-corrected chi connectivity index (χ0v) is 14.8. The molecule has 1 saturated heterocycles. The maximum absolute atomic E-state index is 12.6. The van der Waals surface area contributed by atoms with Crippen molar-refractivity contribution in [2.75, 3.05) is 33.2 Å². The van der Waals surface area contributed by atoms with Crippen LogP contribution >= 0.6 is 22.6 Å². The summed E-state index contributed by atoms with van der Waals surface area (Å²) in [6, 6.07) is 6.19. The van der Waals surface area contributed by atoms with Crippen molar-refractivity contribution < 1.29 is 4.79 Å². The number of carbonyl (C=O) groups is 1. The summed E-state index contributed by atoms with van der Waals surface area (Å²) in [6.45, 7) is 4.21. The number of nitrogens with zero attached hydrogens (tertiary/aromatic N) is 2. The van der Waals surface area contributed by atoms with Crippen molar-refractivity contribution >= 4 is 28.5 Å². The largest absolute Gasteiger partial charge is 0.340 e. The molecule has 2 aliphatic rings. The number of carbonyl (C=O) groups excluding carboxylic acids is 1. The zero-order chi connectivity index (χ0) is 14.8. The second kappa shape index (κ2) is 6.65. The molecule has 0 bridgehead atoms. The van der Waals surface area contributed by atoms with E-state index in [0.717, 1.165) is 18.7 Å². The van der Waals surface area contributed by atoms with Gasteiger partial charge in [0.2, 0.25) is 0 Å². The molecule has 0 atom stereocenters. The molecule has 3 rings (SSSR count). The summed E-state index contributed by atoms with van der Waals surface area (Å²) in [5.74, 6) is 0.854. The fourth-order valence-corrected chi connectivity index (χ4v) is 3.78. The number of hydrogen-bond donors (Lipinski definition) is 0. The van der Waals surface area contributed by atoms with Crippen molar-refractivity contribution in [1.29, 1.82) is 0 Å². The molecule has 0 aromatic heterocycles. The van der Waals surface area contributed by atoms with Crippen LogP contribution < -0.4 is 0 Å². The summed E-state index contributed by atoms with van der Waals surface area (Å²) in [6.07, 6.45) is 5.16. The first kappa shape index (κ1) is 15.3. The van der Waals surface area contributed by atoms with Gasteiger partial charge in [-0.2, -0.15) is 0 Å². The lowest BCUT2D eigenvalue weighted by Crippen LogP contribution is -2.35. The van der Waals surface area contributed by atoms with E-state index in [-0.39, 0.29) is 5.91 Å². The Morgan fingerprint density at radius 2 is 2.05 bits per heavy atom. The van der Waals surface area contributed by atoms with Crippen LogP contribution in [0, 0.1) is 3.57 Å². The Balaban J connectivity index is 1.62.